The zero-order chi connectivity index (χ0) is 16.1. The predicted octanol–water partition coefficient (Wildman–Crippen LogP) is 5.48. The highest BCUT2D eigenvalue weighted by molar-refractivity contribution is 7.99. The molecule has 2 nitrogen and oxygen atoms in total. The number of hydrogen-bond donors (Lipinski definition) is 1. The van der Waals surface area contributed by atoms with E-state index in [9.17, 15) is 4.79 Å². The fraction of sp³-hybridized carbons (Fsp3) is 0.316. The zero-order valence-corrected chi connectivity index (χ0v) is 14.5. The predicted molar refractivity (Wildman–Crippen MR) is 96.1 cm³/mol. The van der Waals surface area contributed by atoms with Crippen LogP contribution < -0.4 is 5.32 Å². The minimum atomic E-state index is -0.0345. The molecule has 0 aromatic heterocycles. The summed E-state index contributed by atoms with van der Waals surface area (Å²) in [6.45, 7) is 8.42. The fourth-order valence-corrected chi connectivity index (χ4v) is 3.26. The van der Waals surface area contributed by atoms with Crippen LogP contribution in [0.3, 0.4) is 0 Å². The number of amides is 1. The molecule has 0 aliphatic rings. The van der Waals surface area contributed by atoms with Crippen LogP contribution in [0.2, 0.25) is 0 Å². The number of rotatable bonds is 5. The molecule has 0 aliphatic carbocycles. The van der Waals surface area contributed by atoms with E-state index in [0.29, 0.717) is 5.92 Å². The molecule has 116 valence electrons. The van der Waals surface area contributed by atoms with Crippen LogP contribution in [0.5, 0.6) is 0 Å². The van der Waals surface area contributed by atoms with Crippen molar-refractivity contribution in [2.75, 3.05) is 11.1 Å². The first-order valence-corrected chi connectivity index (χ1v) is 8.65. The quantitative estimate of drug-likeness (QED) is 0.740. The molecular formula is C19H23NOS. The lowest BCUT2D eigenvalue weighted by atomic mass is 9.98. The highest BCUT2D eigenvalue weighted by Gasteiger charge is 2.15. The maximum absolute atomic E-state index is 12.7. The monoisotopic (exact) mass is 313 g/mol. The first kappa shape index (κ1) is 16.6. The van der Waals surface area contributed by atoms with Crippen molar-refractivity contribution in [3.8, 4) is 0 Å². The molecule has 0 heterocycles. The Bertz CT molecular complexity index is 664. The van der Waals surface area contributed by atoms with Gasteiger partial charge >= 0.3 is 0 Å². The largest absolute Gasteiger partial charge is 0.321 e. The van der Waals surface area contributed by atoms with E-state index in [1.807, 2.05) is 43.3 Å². The van der Waals surface area contributed by atoms with E-state index in [4.69, 9.17) is 0 Å². The number of aryl methyl sites for hydroxylation is 1. The summed E-state index contributed by atoms with van der Waals surface area (Å²) in [6, 6.07) is 13.9. The molecule has 0 saturated heterocycles. The standard InChI is InChI=1S/C19H23NOS/c1-5-22-17-12-7-6-10-16(17)19(21)20-18-14(4)9-8-11-15(18)13(2)3/h6-13H,5H2,1-4H3,(H,20,21). The molecule has 0 spiro atoms. The van der Waals surface area contributed by atoms with Crippen LogP contribution in [-0.4, -0.2) is 11.7 Å². The number of hydrogen-bond acceptors (Lipinski definition) is 2. The van der Waals surface area contributed by atoms with Crippen molar-refractivity contribution in [3.63, 3.8) is 0 Å². The van der Waals surface area contributed by atoms with Gasteiger partial charge in [-0.1, -0.05) is 51.1 Å². The average Bonchev–Trinajstić information content (AvgIpc) is 2.49. The van der Waals surface area contributed by atoms with E-state index in [-0.39, 0.29) is 5.91 Å². The van der Waals surface area contributed by atoms with Crippen LogP contribution in [0.25, 0.3) is 0 Å². The molecule has 1 amide bonds. The van der Waals surface area contributed by atoms with Crippen molar-refractivity contribution >= 4 is 23.4 Å². The third kappa shape index (κ3) is 3.72. The third-order valence-electron chi connectivity index (χ3n) is 3.60. The van der Waals surface area contributed by atoms with Gasteiger partial charge in [0.25, 0.3) is 5.91 Å². The van der Waals surface area contributed by atoms with Crippen molar-refractivity contribution in [3.05, 3.63) is 59.2 Å². The third-order valence-corrected chi connectivity index (χ3v) is 4.55. The number of carbonyl (C=O) groups is 1. The first-order chi connectivity index (χ1) is 10.5. The molecule has 1 N–H and O–H groups in total. The van der Waals surface area contributed by atoms with Crippen molar-refractivity contribution in [2.24, 2.45) is 0 Å². The number of para-hydroxylation sites is 1. The number of thioether (sulfide) groups is 1. The van der Waals surface area contributed by atoms with Crippen molar-refractivity contribution in [1.82, 2.24) is 0 Å². The maximum atomic E-state index is 12.7. The molecule has 2 aromatic rings. The normalized spacial score (nSPS) is 10.8. The van der Waals surface area contributed by atoms with Gasteiger partial charge in [-0.15, -0.1) is 11.8 Å². The smallest absolute Gasteiger partial charge is 0.256 e. The minimum Gasteiger partial charge on any atom is -0.321 e. The lowest BCUT2D eigenvalue weighted by molar-refractivity contribution is 0.102. The van der Waals surface area contributed by atoms with Crippen LogP contribution in [0, 0.1) is 6.92 Å². The van der Waals surface area contributed by atoms with Gasteiger partial charge in [0.2, 0.25) is 0 Å². The number of anilines is 1. The number of benzene rings is 2. The average molecular weight is 313 g/mol. The summed E-state index contributed by atoms with van der Waals surface area (Å²) in [5.41, 5.74) is 3.96. The van der Waals surface area contributed by atoms with Gasteiger partial charge in [0.15, 0.2) is 0 Å². The lowest BCUT2D eigenvalue weighted by Gasteiger charge is -2.17. The Hall–Kier alpha value is -1.74. The van der Waals surface area contributed by atoms with E-state index in [1.54, 1.807) is 11.8 Å². The number of nitrogens with one attached hydrogen (secondary N) is 1. The molecule has 2 rings (SSSR count). The van der Waals surface area contributed by atoms with Gasteiger partial charge in [-0.3, -0.25) is 4.79 Å². The molecule has 0 saturated carbocycles. The molecule has 2 aromatic carbocycles. The Morgan fingerprint density at radius 3 is 2.55 bits per heavy atom. The molecule has 0 fully saturated rings. The van der Waals surface area contributed by atoms with Crippen LogP contribution in [0.15, 0.2) is 47.4 Å². The maximum Gasteiger partial charge on any atom is 0.256 e. The Morgan fingerprint density at radius 1 is 1.14 bits per heavy atom. The molecule has 0 atom stereocenters. The molecular weight excluding hydrogens is 290 g/mol. The summed E-state index contributed by atoms with van der Waals surface area (Å²) < 4.78 is 0. The second kappa shape index (κ2) is 7.50. The van der Waals surface area contributed by atoms with Crippen LogP contribution in [0.1, 0.15) is 48.2 Å². The Labute approximate surface area is 137 Å². The summed E-state index contributed by atoms with van der Waals surface area (Å²) in [7, 11) is 0. The molecule has 0 unspecified atom stereocenters. The van der Waals surface area contributed by atoms with Gasteiger partial charge in [-0.05, 0) is 41.9 Å². The van der Waals surface area contributed by atoms with E-state index < -0.39 is 0 Å². The van der Waals surface area contributed by atoms with Gasteiger partial charge in [-0.2, -0.15) is 0 Å². The highest BCUT2D eigenvalue weighted by Crippen LogP contribution is 2.29. The van der Waals surface area contributed by atoms with Crippen molar-refractivity contribution in [1.29, 1.82) is 0 Å². The van der Waals surface area contributed by atoms with Crippen LogP contribution in [-0.2, 0) is 0 Å². The highest BCUT2D eigenvalue weighted by atomic mass is 32.2. The summed E-state index contributed by atoms with van der Waals surface area (Å²) in [5, 5.41) is 3.12. The summed E-state index contributed by atoms with van der Waals surface area (Å²) >= 11 is 1.69. The Kier molecular flexibility index (Phi) is 5.67. The van der Waals surface area contributed by atoms with E-state index in [0.717, 1.165) is 27.5 Å². The lowest BCUT2D eigenvalue weighted by Crippen LogP contribution is -2.15. The van der Waals surface area contributed by atoms with Gasteiger partial charge in [0.05, 0.1) is 5.56 Å². The van der Waals surface area contributed by atoms with Crippen molar-refractivity contribution < 1.29 is 4.79 Å². The fourth-order valence-electron chi connectivity index (χ4n) is 2.46. The zero-order valence-electron chi connectivity index (χ0n) is 13.6. The van der Waals surface area contributed by atoms with Gasteiger partial charge in [0.1, 0.15) is 0 Å². The first-order valence-electron chi connectivity index (χ1n) is 7.67. The topological polar surface area (TPSA) is 29.1 Å². The second-order valence-electron chi connectivity index (χ2n) is 5.58. The van der Waals surface area contributed by atoms with E-state index in [2.05, 4.69) is 32.2 Å². The summed E-state index contributed by atoms with van der Waals surface area (Å²) in [5.74, 6) is 1.29. The molecule has 0 aliphatic heterocycles. The molecule has 22 heavy (non-hydrogen) atoms. The van der Waals surface area contributed by atoms with E-state index in [1.165, 1.54) is 5.56 Å². The van der Waals surface area contributed by atoms with Gasteiger partial charge < -0.3 is 5.32 Å². The van der Waals surface area contributed by atoms with Gasteiger partial charge in [-0.25, -0.2) is 0 Å². The molecule has 3 heteroatoms. The van der Waals surface area contributed by atoms with E-state index >= 15 is 0 Å². The van der Waals surface area contributed by atoms with Crippen LogP contribution >= 0.6 is 11.8 Å². The van der Waals surface area contributed by atoms with Gasteiger partial charge in [0, 0.05) is 10.6 Å². The van der Waals surface area contributed by atoms with Crippen molar-refractivity contribution in [2.45, 2.75) is 38.5 Å². The number of carbonyl (C=O) groups excluding carboxylic acids is 1. The SMILES string of the molecule is CCSc1ccccc1C(=O)Nc1c(C)cccc1C(C)C. The summed E-state index contributed by atoms with van der Waals surface area (Å²) in [6.07, 6.45) is 0. The summed E-state index contributed by atoms with van der Waals surface area (Å²) in [4.78, 5) is 13.7. The minimum absolute atomic E-state index is 0.0345. The second-order valence-corrected chi connectivity index (χ2v) is 6.88. The Balaban J connectivity index is 2.34. The Morgan fingerprint density at radius 2 is 1.86 bits per heavy atom. The molecule has 0 bridgehead atoms. The molecule has 0 radical (unpaired) electrons. The van der Waals surface area contributed by atoms with Crippen LogP contribution in [0.4, 0.5) is 5.69 Å².